The van der Waals surface area contributed by atoms with Gasteiger partial charge in [0, 0.05) is 31.6 Å². The lowest BCUT2D eigenvalue weighted by Gasteiger charge is -2.34. The molecule has 1 unspecified atom stereocenters. The molecule has 0 radical (unpaired) electrons. The molecule has 6 nitrogen and oxygen atoms in total. The summed E-state index contributed by atoms with van der Waals surface area (Å²) in [7, 11) is 1.60. The van der Waals surface area contributed by atoms with Gasteiger partial charge in [0.15, 0.2) is 11.5 Å². The number of furan rings is 1. The SMILES string of the molecule is COc1cccc(CN2CCOCC2CC(=O)c2ccco2)n1. The van der Waals surface area contributed by atoms with Gasteiger partial charge in [-0.05, 0) is 18.2 Å². The number of hydrogen-bond acceptors (Lipinski definition) is 6. The van der Waals surface area contributed by atoms with E-state index < -0.39 is 0 Å². The number of Topliss-reactive ketones (excluding diaryl/α,β-unsaturated/α-hetero) is 1. The van der Waals surface area contributed by atoms with Crippen LogP contribution in [0, 0.1) is 0 Å². The molecule has 2 aromatic rings. The van der Waals surface area contributed by atoms with Gasteiger partial charge in [0.05, 0.1) is 32.3 Å². The molecule has 1 aliphatic heterocycles. The Morgan fingerprint density at radius 1 is 1.39 bits per heavy atom. The van der Waals surface area contributed by atoms with E-state index in [-0.39, 0.29) is 11.8 Å². The third-order valence-electron chi connectivity index (χ3n) is 3.92. The van der Waals surface area contributed by atoms with Crippen LogP contribution in [0.25, 0.3) is 0 Å². The van der Waals surface area contributed by atoms with E-state index in [1.165, 1.54) is 6.26 Å². The molecule has 0 aromatic carbocycles. The minimum Gasteiger partial charge on any atom is -0.481 e. The molecule has 3 heterocycles. The lowest BCUT2D eigenvalue weighted by atomic mass is 10.1. The predicted octanol–water partition coefficient (Wildman–Crippen LogP) is 2.16. The summed E-state index contributed by atoms with van der Waals surface area (Å²) in [5.74, 6) is 0.989. The van der Waals surface area contributed by atoms with Crippen LogP contribution in [0.4, 0.5) is 0 Å². The van der Waals surface area contributed by atoms with Gasteiger partial charge in [0.2, 0.25) is 5.88 Å². The number of carbonyl (C=O) groups excluding carboxylic acids is 1. The molecule has 3 rings (SSSR count). The Kier molecular flexibility index (Phi) is 5.05. The van der Waals surface area contributed by atoms with Gasteiger partial charge in [0.1, 0.15) is 0 Å². The lowest BCUT2D eigenvalue weighted by Crippen LogP contribution is -2.46. The van der Waals surface area contributed by atoms with Gasteiger partial charge < -0.3 is 13.9 Å². The minimum atomic E-state index is -0.00546. The normalized spacial score (nSPS) is 18.7. The van der Waals surface area contributed by atoms with Gasteiger partial charge in [-0.25, -0.2) is 4.98 Å². The fraction of sp³-hybridized carbons (Fsp3) is 0.412. The summed E-state index contributed by atoms with van der Waals surface area (Å²) in [6, 6.07) is 9.14. The van der Waals surface area contributed by atoms with Crippen molar-refractivity contribution < 1.29 is 18.7 Å². The summed E-state index contributed by atoms with van der Waals surface area (Å²) in [5, 5.41) is 0. The molecule has 1 aliphatic rings. The molecule has 0 saturated carbocycles. The van der Waals surface area contributed by atoms with Gasteiger partial charge in [-0.15, -0.1) is 0 Å². The van der Waals surface area contributed by atoms with E-state index >= 15 is 0 Å². The van der Waals surface area contributed by atoms with Gasteiger partial charge in [0.25, 0.3) is 0 Å². The van der Waals surface area contributed by atoms with Crippen molar-refractivity contribution in [2.75, 3.05) is 26.9 Å². The van der Waals surface area contributed by atoms with Crippen molar-refractivity contribution in [2.24, 2.45) is 0 Å². The van der Waals surface area contributed by atoms with Crippen LogP contribution < -0.4 is 4.74 Å². The Hall–Kier alpha value is -2.18. The maximum atomic E-state index is 12.3. The highest BCUT2D eigenvalue weighted by atomic mass is 16.5. The smallest absolute Gasteiger partial charge is 0.213 e. The van der Waals surface area contributed by atoms with Gasteiger partial charge in [-0.1, -0.05) is 6.07 Å². The fourth-order valence-electron chi connectivity index (χ4n) is 2.70. The first kappa shape index (κ1) is 15.7. The third-order valence-corrected chi connectivity index (χ3v) is 3.92. The first-order valence-corrected chi connectivity index (χ1v) is 7.64. The molecule has 2 aromatic heterocycles. The molecule has 0 bridgehead atoms. The molecule has 0 aliphatic carbocycles. The van der Waals surface area contributed by atoms with E-state index in [1.54, 1.807) is 19.2 Å². The van der Waals surface area contributed by atoms with E-state index in [0.29, 0.717) is 37.8 Å². The highest BCUT2D eigenvalue weighted by Gasteiger charge is 2.27. The molecule has 1 fully saturated rings. The van der Waals surface area contributed by atoms with Crippen molar-refractivity contribution in [1.29, 1.82) is 0 Å². The van der Waals surface area contributed by atoms with Crippen LogP contribution in [0.1, 0.15) is 22.7 Å². The fourth-order valence-corrected chi connectivity index (χ4v) is 2.70. The first-order valence-electron chi connectivity index (χ1n) is 7.64. The average molecular weight is 316 g/mol. The average Bonchev–Trinajstić information content (AvgIpc) is 3.11. The van der Waals surface area contributed by atoms with Crippen LogP contribution in [0.2, 0.25) is 0 Å². The zero-order valence-electron chi connectivity index (χ0n) is 13.1. The predicted molar refractivity (Wildman–Crippen MR) is 83.5 cm³/mol. The van der Waals surface area contributed by atoms with Crippen molar-refractivity contribution in [3.63, 3.8) is 0 Å². The molecule has 122 valence electrons. The zero-order chi connectivity index (χ0) is 16.1. The van der Waals surface area contributed by atoms with Crippen molar-refractivity contribution in [2.45, 2.75) is 19.0 Å². The van der Waals surface area contributed by atoms with E-state index in [9.17, 15) is 4.79 Å². The summed E-state index contributed by atoms with van der Waals surface area (Å²) in [6.07, 6.45) is 1.89. The molecule has 6 heteroatoms. The van der Waals surface area contributed by atoms with E-state index in [4.69, 9.17) is 13.9 Å². The lowest BCUT2D eigenvalue weighted by molar-refractivity contribution is -0.0134. The second kappa shape index (κ2) is 7.39. The number of ketones is 1. The zero-order valence-corrected chi connectivity index (χ0v) is 13.1. The van der Waals surface area contributed by atoms with Crippen LogP contribution in [-0.4, -0.2) is 48.6 Å². The van der Waals surface area contributed by atoms with Crippen molar-refractivity contribution in [3.8, 4) is 5.88 Å². The Labute approximate surface area is 135 Å². The molecule has 23 heavy (non-hydrogen) atoms. The van der Waals surface area contributed by atoms with E-state index in [1.807, 2.05) is 18.2 Å². The molecular weight excluding hydrogens is 296 g/mol. The van der Waals surface area contributed by atoms with Crippen LogP contribution in [0.3, 0.4) is 0 Å². The molecule has 0 amide bonds. The Morgan fingerprint density at radius 2 is 2.30 bits per heavy atom. The van der Waals surface area contributed by atoms with Crippen LogP contribution in [-0.2, 0) is 11.3 Å². The van der Waals surface area contributed by atoms with Gasteiger partial charge in [-0.2, -0.15) is 0 Å². The van der Waals surface area contributed by atoms with Gasteiger partial charge in [-0.3, -0.25) is 9.69 Å². The van der Waals surface area contributed by atoms with E-state index in [2.05, 4.69) is 9.88 Å². The third kappa shape index (κ3) is 3.97. The summed E-state index contributed by atoms with van der Waals surface area (Å²) in [5.41, 5.74) is 0.918. The maximum absolute atomic E-state index is 12.3. The monoisotopic (exact) mass is 316 g/mol. The quantitative estimate of drug-likeness (QED) is 0.761. The number of rotatable bonds is 6. The van der Waals surface area contributed by atoms with E-state index in [0.717, 1.165) is 12.2 Å². The summed E-state index contributed by atoms with van der Waals surface area (Å²) < 4.78 is 15.9. The number of morpholine rings is 1. The maximum Gasteiger partial charge on any atom is 0.213 e. The standard InChI is InChI=1S/C17H20N2O4/c1-21-17-6-2-4-13(18-17)11-19-7-9-22-12-14(19)10-15(20)16-5-3-8-23-16/h2-6,8,14H,7,9-12H2,1H3. The Morgan fingerprint density at radius 3 is 3.09 bits per heavy atom. The van der Waals surface area contributed by atoms with Crippen molar-refractivity contribution in [3.05, 3.63) is 48.0 Å². The summed E-state index contributed by atoms with van der Waals surface area (Å²) in [6.45, 7) is 2.64. The highest BCUT2D eigenvalue weighted by Crippen LogP contribution is 2.18. The second-order valence-corrected chi connectivity index (χ2v) is 5.48. The molecule has 0 spiro atoms. The topological polar surface area (TPSA) is 64.8 Å². The van der Waals surface area contributed by atoms with Gasteiger partial charge >= 0.3 is 0 Å². The first-order chi connectivity index (χ1) is 11.3. The summed E-state index contributed by atoms with van der Waals surface area (Å²) >= 11 is 0. The number of aromatic nitrogens is 1. The second-order valence-electron chi connectivity index (χ2n) is 5.48. The van der Waals surface area contributed by atoms with Crippen LogP contribution in [0.15, 0.2) is 41.0 Å². The molecule has 1 atom stereocenters. The van der Waals surface area contributed by atoms with Crippen LogP contribution in [0.5, 0.6) is 5.88 Å². The van der Waals surface area contributed by atoms with Crippen LogP contribution >= 0.6 is 0 Å². The van der Waals surface area contributed by atoms with Crippen molar-refractivity contribution >= 4 is 5.78 Å². The number of nitrogens with zero attached hydrogens (tertiary/aromatic N) is 2. The Bertz CT molecular complexity index is 642. The number of pyridine rings is 1. The van der Waals surface area contributed by atoms with Crippen molar-refractivity contribution in [1.82, 2.24) is 9.88 Å². The number of carbonyl (C=O) groups is 1. The Balaban J connectivity index is 1.67. The molecule has 1 saturated heterocycles. The number of methoxy groups -OCH3 is 1. The minimum absolute atomic E-state index is 0.00546. The molecular formula is C17H20N2O4. The largest absolute Gasteiger partial charge is 0.481 e. The number of hydrogen-bond donors (Lipinski definition) is 0. The summed E-state index contributed by atoms with van der Waals surface area (Å²) in [4.78, 5) is 18.9. The highest BCUT2D eigenvalue weighted by molar-refractivity contribution is 5.93. The number of ether oxygens (including phenoxy) is 2. The molecule has 0 N–H and O–H groups in total.